The summed E-state index contributed by atoms with van der Waals surface area (Å²) in [6.45, 7) is 4.19. The Hall–Kier alpha value is -0.910. The second kappa shape index (κ2) is 24.4. The maximum Gasteiger partial charge on any atom is 0.334 e. The zero-order chi connectivity index (χ0) is 30.3. The zero-order valence-electron chi connectivity index (χ0n) is 27.7. The van der Waals surface area contributed by atoms with E-state index in [1.807, 2.05) is 13.0 Å². The van der Waals surface area contributed by atoms with Crippen LogP contribution in [0.3, 0.4) is 0 Å². The first-order valence-corrected chi connectivity index (χ1v) is 18.4. The second-order valence-corrected chi connectivity index (χ2v) is 13.5. The minimum Gasteiger partial charge on any atom is -0.455 e. The zero-order valence-corrected chi connectivity index (χ0v) is 27.7. The SMILES string of the molecule is CCCCCCCCCCCCCC[C@H](O)[C@@H]1CC[C@H]([C@H](O)CCCCCCCCCCCCC2=C[C@@H](C)OC2=O)O1. The van der Waals surface area contributed by atoms with Gasteiger partial charge in [-0.3, -0.25) is 0 Å². The van der Waals surface area contributed by atoms with Crippen molar-refractivity contribution in [3.05, 3.63) is 11.6 Å². The number of rotatable bonds is 28. The predicted molar refractivity (Wildman–Crippen MR) is 175 cm³/mol. The first-order valence-electron chi connectivity index (χ1n) is 18.4. The Kier molecular flexibility index (Phi) is 21.7. The molecule has 0 aromatic rings. The van der Waals surface area contributed by atoms with E-state index in [9.17, 15) is 15.0 Å². The monoisotopic (exact) mass is 593 g/mol. The molecular formula is C37H68O5. The van der Waals surface area contributed by atoms with Gasteiger partial charge >= 0.3 is 5.97 Å². The van der Waals surface area contributed by atoms with E-state index in [1.54, 1.807) is 0 Å². The molecule has 2 heterocycles. The number of aliphatic hydroxyl groups is 2. The van der Waals surface area contributed by atoms with E-state index in [-0.39, 0.29) is 36.5 Å². The van der Waals surface area contributed by atoms with Crippen molar-refractivity contribution in [3.8, 4) is 0 Å². The van der Waals surface area contributed by atoms with Gasteiger partial charge in [-0.2, -0.15) is 0 Å². The topological polar surface area (TPSA) is 76.0 Å². The van der Waals surface area contributed by atoms with Gasteiger partial charge in [0.25, 0.3) is 0 Å². The van der Waals surface area contributed by atoms with Crippen LogP contribution in [0.15, 0.2) is 11.6 Å². The maximum atomic E-state index is 11.6. The first-order chi connectivity index (χ1) is 20.5. The highest BCUT2D eigenvalue weighted by molar-refractivity contribution is 5.90. The van der Waals surface area contributed by atoms with Crippen LogP contribution in [0, 0.1) is 0 Å². The number of hydrogen-bond acceptors (Lipinski definition) is 5. The number of hydrogen-bond donors (Lipinski definition) is 2. The van der Waals surface area contributed by atoms with Crippen molar-refractivity contribution in [2.45, 2.75) is 218 Å². The molecule has 0 unspecified atom stereocenters. The second-order valence-electron chi connectivity index (χ2n) is 13.5. The summed E-state index contributed by atoms with van der Waals surface area (Å²) in [4.78, 5) is 11.6. The quantitative estimate of drug-likeness (QED) is 0.0698. The summed E-state index contributed by atoms with van der Waals surface area (Å²) in [6, 6.07) is 0. The molecule has 5 nitrogen and oxygen atoms in total. The van der Waals surface area contributed by atoms with Crippen molar-refractivity contribution in [1.29, 1.82) is 0 Å². The van der Waals surface area contributed by atoms with Gasteiger partial charge in [-0.1, -0.05) is 142 Å². The largest absolute Gasteiger partial charge is 0.455 e. The number of unbranched alkanes of at least 4 members (excludes halogenated alkanes) is 20. The number of ether oxygens (including phenoxy) is 2. The van der Waals surface area contributed by atoms with Crippen LogP contribution in [-0.2, 0) is 14.3 Å². The van der Waals surface area contributed by atoms with Crippen LogP contribution in [0.25, 0.3) is 0 Å². The molecule has 0 aromatic carbocycles. The molecule has 0 bridgehead atoms. The van der Waals surface area contributed by atoms with Gasteiger partial charge in [-0.05, 0) is 51.5 Å². The van der Waals surface area contributed by atoms with Crippen LogP contribution in [0.2, 0.25) is 0 Å². The molecule has 2 N–H and O–H groups in total. The molecule has 0 aliphatic carbocycles. The summed E-state index contributed by atoms with van der Waals surface area (Å²) >= 11 is 0. The average Bonchev–Trinajstić information content (AvgIpc) is 3.60. The summed E-state index contributed by atoms with van der Waals surface area (Å²) in [6.07, 6.45) is 33.4. The van der Waals surface area contributed by atoms with Crippen molar-refractivity contribution in [3.63, 3.8) is 0 Å². The van der Waals surface area contributed by atoms with Gasteiger partial charge in [-0.15, -0.1) is 0 Å². The summed E-state index contributed by atoms with van der Waals surface area (Å²) in [5, 5.41) is 21.3. The highest BCUT2D eigenvalue weighted by atomic mass is 16.5. The Bertz CT molecular complexity index is 692. The van der Waals surface area contributed by atoms with Crippen LogP contribution in [-0.4, -0.2) is 46.7 Å². The lowest BCUT2D eigenvalue weighted by Gasteiger charge is -2.22. The van der Waals surface area contributed by atoms with Crippen molar-refractivity contribution < 1.29 is 24.5 Å². The third-order valence-electron chi connectivity index (χ3n) is 9.48. The lowest BCUT2D eigenvalue weighted by Crippen LogP contribution is -2.31. The smallest absolute Gasteiger partial charge is 0.334 e. The lowest BCUT2D eigenvalue weighted by atomic mass is 10.00. The molecule has 2 rings (SSSR count). The van der Waals surface area contributed by atoms with E-state index < -0.39 is 0 Å². The van der Waals surface area contributed by atoms with E-state index in [0.29, 0.717) is 0 Å². The Balaban J connectivity index is 1.33. The van der Waals surface area contributed by atoms with Crippen molar-refractivity contribution in [2.75, 3.05) is 0 Å². The molecule has 1 saturated heterocycles. The molecule has 1 fully saturated rings. The van der Waals surface area contributed by atoms with E-state index in [1.165, 1.54) is 122 Å². The fourth-order valence-corrected chi connectivity index (χ4v) is 6.72. The molecule has 42 heavy (non-hydrogen) atoms. The van der Waals surface area contributed by atoms with Crippen LogP contribution in [0.1, 0.15) is 187 Å². The normalized spacial score (nSPS) is 22.0. The number of esters is 1. The van der Waals surface area contributed by atoms with E-state index in [4.69, 9.17) is 9.47 Å². The Morgan fingerprint density at radius 3 is 1.40 bits per heavy atom. The predicted octanol–water partition coefficient (Wildman–Crippen LogP) is 9.90. The molecule has 0 radical (unpaired) electrons. The molecular weight excluding hydrogens is 524 g/mol. The molecule has 0 aromatic heterocycles. The molecule has 5 heteroatoms. The third-order valence-corrected chi connectivity index (χ3v) is 9.48. The van der Waals surface area contributed by atoms with Gasteiger partial charge in [0.2, 0.25) is 0 Å². The summed E-state index contributed by atoms with van der Waals surface area (Å²) in [5.41, 5.74) is 0.870. The summed E-state index contributed by atoms with van der Waals surface area (Å²) in [5.74, 6) is -0.117. The molecule has 2 aliphatic heterocycles. The van der Waals surface area contributed by atoms with Gasteiger partial charge in [0, 0.05) is 5.57 Å². The maximum absolute atomic E-state index is 11.6. The third kappa shape index (κ3) is 17.4. The van der Waals surface area contributed by atoms with Crippen LogP contribution in [0.5, 0.6) is 0 Å². The summed E-state index contributed by atoms with van der Waals surface area (Å²) < 4.78 is 11.3. The molecule has 0 spiro atoms. The van der Waals surface area contributed by atoms with Crippen LogP contribution < -0.4 is 0 Å². The molecule has 0 amide bonds. The fourth-order valence-electron chi connectivity index (χ4n) is 6.72. The molecule has 0 saturated carbocycles. The highest BCUT2D eigenvalue weighted by Crippen LogP contribution is 2.28. The Morgan fingerprint density at radius 1 is 0.643 bits per heavy atom. The Morgan fingerprint density at radius 2 is 1.02 bits per heavy atom. The van der Waals surface area contributed by atoms with Crippen LogP contribution in [0.4, 0.5) is 0 Å². The number of cyclic esters (lactones) is 1. The average molecular weight is 593 g/mol. The molecule has 246 valence electrons. The minimum absolute atomic E-state index is 0.0446. The van der Waals surface area contributed by atoms with Gasteiger partial charge in [0.1, 0.15) is 6.10 Å². The number of carbonyl (C=O) groups excluding carboxylic acids is 1. The van der Waals surface area contributed by atoms with Crippen molar-refractivity contribution in [2.24, 2.45) is 0 Å². The first kappa shape index (κ1) is 37.3. The lowest BCUT2D eigenvalue weighted by molar-refractivity contribution is -0.139. The number of carbonyl (C=O) groups is 1. The number of aliphatic hydroxyl groups excluding tert-OH is 2. The van der Waals surface area contributed by atoms with E-state index >= 15 is 0 Å². The standard InChI is InChI=1S/C37H68O5/c1-3-4-5-6-7-8-9-10-14-17-20-23-26-33(38)35-28-29-36(42-35)34(39)27-24-21-18-15-12-11-13-16-19-22-25-32-30-31(2)41-37(32)40/h30-31,33-36,38-39H,3-29H2,1-2H3/t31-,33+,34-,35+,36-/m1/s1. The van der Waals surface area contributed by atoms with Crippen LogP contribution >= 0.6 is 0 Å². The van der Waals surface area contributed by atoms with Gasteiger partial charge in [-0.25, -0.2) is 4.79 Å². The highest BCUT2D eigenvalue weighted by Gasteiger charge is 2.34. The van der Waals surface area contributed by atoms with Crippen molar-refractivity contribution >= 4 is 5.97 Å². The Labute approximate surface area is 259 Å². The van der Waals surface area contributed by atoms with Gasteiger partial charge < -0.3 is 19.7 Å². The summed E-state index contributed by atoms with van der Waals surface area (Å²) in [7, 11) is 0. The minimum atomic E-state index is -0.390. The van der Waals surface area contributed by atoms with Gasteiger partial charge in [0.05, 0.1) is 24.4 Å². The van der Waals surface area contributed by atoms with E-state index in [0.717, 1.165) is 56.9 Å². The fraction of sp³-hybridized carbons (Fsp3) is 0.919. The van der Waals surface area contributed by atoms with Gasteiger partial charge in [0.15, 0.2) is 0 Å². The van der Waals surface area contributed by atoms with E-state index in [2.05, 4.69) is 6.92 Å². The molecule has 2 aliphatic rings. The van der Waals surface area contributed by atoms with Crippen molar-refractivity contribution in [1.82, 2.24) is 0 Å². The molecule has 5 atom stereocenters.